The van der Waals surface area contributed by atoms with Gasteiger partial charge in [-0.3, -0.25) is 9.69 Å². The minimum atomic E-state index is -0.435. The van der Waals surface area contributed by atoms with Crippen LogP contribution in [0, 0.1) is 0 Å². The molecule has 3 aromatic rings. The van der Waals surface area contributed by atoms with Gasteiger partial charge < -0.3 is 14.4 Å². The number of benzene rings is 2. The molecule has 166 valence electrons. The van der Waals surface area contributed by atoms with Crippen LogP contribution < -0.4 is 9.64 Å². The number of para-hydroxylation sites is 1. The van der Waals surface area contributed by atoms with Gasteiger partial charge in [-0.05, 0) is 63.5 Å². The lowest BCUT2D eigenvalue weighted by molar-refractivity contribution is 0.0600. The molecule has 7 nitrogen and oxygen atoms in total. The molecule has 2 aromatic carbocycles. The van der Waals surface area contributed by atoms with Crippen LogP contribution in [0.15, 0.2) is 42.5 Å². The van der Waals surface area contributed by atoms with Crippen molar-refractivity contribution in [3.05, 3.63) is 53.6 Å². The van der Waals surface area contributed by atoms with Crippen molar-refractivity contribution in [2.75, 3.05) is 46.3 Å². The third-order valence-electron chi connectivity index (χ3n) is 4.61. The highest BCUT2D eigenvalue weighted by molar-refractivity contribution is 7.22. The number of ether oxygens (including phenoxy) is 2. The number of halogens is 1. The number of methoxy groups -OCH3 is 2. The molecule has 1 heterocycles. The predicted molar refractivity (Wildman–Crippen MR) is 126 cm³/mol. The topological polar surface area (TPSA) is 72.0 Å². The van der Waals surface area contributed by atoms with Gasteiger partial charge in [0.05, 0.1) is 24.5 Å². The van der Waals surface area contributed by atoms with Crippen molar-refractivity contribution < 1.29 is 19.1 Å². The molecular weight excluding hydrogens is 438 g/mol. The maximum atomic E-state index is 13.3. The van der Waals surface area contributed by atoms with Gasteiger partial charge in [0.1, 0.15) is 11.3 Å². The van der Waals surface area contributed by atoms with Crippen molar-refractivity contribution in [3.8, 4) is 5.75 Å². The van der Waals surface area contributed by atoms with Gasteiger partial charge in [0, 0.05) is 12.1 Å². The van der Waals surface area contributed by atoms with Crippen LogP contribution in [0.25, 0.3) is 10.2 Å². The Hall–Kier alpha value is -2.68. The van der Waals surface area contributed by atoms with Gasteiger partial charge in [-0.15, -0.1) is 12.4 Å². The summed E-state index contributed by atoms with van der Waals surface area (Å²) < 4.78 is 11.1. The monoisotopic (exact) mass is 463 g/mol. The molecule has 0 fully saturated rings. The van der Waals surface area contributed by atoms with Gasteiger partial charge in [0.15, 0.2) is 5.13 Å². The third kappa shape index (κ3) is 5.72. The fourth-order valence-electron chi connectivity index (χ4n) is 3.04. The fraction of sp³-hybridized carbons (Fsp3) is 0.318. The molecule has 0 saturated carbocycles. The van der Waals surface area contributed by atoms with E-state index in [2.05, 4.69) is 4.90 Å². The summed E-state index contributed by atoms with van der Waals surface area (Å²) in [6, 6.07) is 12.2. The number of hydrogen-bond acceptors (Lipinski definition) is 7. The van der Waals surface area contributed by atoms with Crippen LogP contribution in [0.1, 0.15) is 27.1 Å². The second-order valence-electron chi connectivity index (χ2n) is 6.99. The number of rotatable bonds is 8. The zero-order valence-corrected chi connectivity index (χ0v) is 19.6. The van der Waals surface area contributed by atoms with E-state index in [9.17, 15) is 9.59 Å². The fourth-order valence-corrected chi connectivity index (χ4v) is 4.05. The number of nitrogens with zero attached hydrogens (tertiary/aromatic N) is 3. The Bertz CT molecular complexity index is 1040. The Morgan fingerprint density at radius 1 is 1.00 bits per heavy atom. The van der Waals surface area contributed by atoms with Crippen molar-refractivity contribution >= 4 is 51.0 Å². The number of amides is 1. The average Bonchev–Trinajstić information content (AvgIpc) is 3.19. The molecule has 31 heavy (non-hydrogen) atoms. The third-order valence-corrected chi connectivity index (χ3v) is 5.65. The highest BCUT2D eigenvalue weighted by atomic mass is 35.5. The molecule has 1 aromatic heterocycles. The second kappa shape index (κ2) is 11.1. The highest BCUT2D eigenvalue weighted by Crippen LogP contribution is 2.34. The van der Waals surface area contributed by atoms with E-state index in [4.69, 9.17) is 14.5 Å². The van der Waals surface area contributed by atoms with Gasteiger partial charge in [0.2, 0.25) is 0 Å². The molecule has 0 atom stereocenters. The largest absolute Gasteiger partial charge is 0.494 e. The van der Waals surface area contributed by atoms with E-state index in [-0.39, 0.29) is 18.3 Å². The molecule has 0 N–H and O–H groups in total. The van der Waals surface area contributed by atoms with Gasteiger partial charge in [-0.2, -0.15) is 0 Å². The smallest absolute Gasteiger partial charge is 0.337 e. The zero-order valence-electron chi connectivity index (χ0n) is 18.0. The summed E-state index contributed by atoms with van der Waals surface area (Å²) in [5.41, 5.74) is 1.63. The first kappa shape index (κ1) is 24.6. The Balaban J connectivity index is 0.00000341. The van der Waals surface area contributed by atoms with Gasteiger partial charge in [-0.25, -0.2) is 9.78 Å². The van der Waals surface area contributed by atoms with Gasteiger partial charge >= 0.3 is 5.97 Å². The van der Waals surface area contributed by atoms with Crippen LogP contribution in [0.4, 0.5) is 5.13 Å². The number of carbonyl (C=O) groups excluding carboxylic acids is 2. The zero-order chi connectivity index (χ0) is 21.7. The molecule has 1 amide bonds. The van der Waals surface area contributed by atoms with Crippen molar-refractivity contribution in [3.63, 3.8) is 0 Å². The second-order valence-corrected chi connectivity index (χ2v) is 8.00. The summed E-state index contributed by atoms with van der Waals surface area (Å²) in [5, 5.41) is 0.621. The van der Waals surface area contributed by atoms with E-state index >= 15 is 0 Å². The van der Waals surface area contributed by atoms with E-state index < -0.39 is 5.97 Å². The maximum absolute atomic E-state index is 13.3. The SMILES string of the molecule is COC(=O)c1ccc(C(=O)N(CCCN(C)C)c2nc3c(OC)cccc3s2)cc1.Cl. The molecular formula is C22H26ClN3O4S. The average molecular weight is 464 g/mol. The van der Waals surface area contributed by atoms with Crippen LogP contribution in [-0.2, 0) is 4.74 Å². The summed E-state index contributed by atoms with van der Waals surface area (Å²) in [6.45, 7) is 1.37. The number of thiazole rings is 1. The van der Waals surface area contributed by atoms with Crippen molar-refractivity contribution in [2.24, 2.45) is 0 Å². The normalized spacial score (nSPS) is 10.6. The van der Waals surface area contributed by atoms with Crippen molar-refractivity contribution in [2.45, 2.75) is 6.42 Å². The van der Waals surface area contributed by atoms with Crippen LogP contribution in [0.2, 0.25) is 0 Å². The molecule has 0 unspecified atom stereocenters. The van der Waals surface area contributed by atoms with E-state index in [0.717, 1.165) is 23.2 Å². The minimum Gasteiger partial charge on any atom is -0.494 e. The molecule has 0 radical (unpaired) electrons. The summed E-state index contributed by atoms with van der Waals surface area (Å²) in [5.74, 6) is 0.0800. The van der Waals surface area contributed by atoms with Crippen LogP contribution >= 0.6 is 23.7 Å². The molecule has 0 aliphatic heterocycles. The van der Waals surface area contributed by atoms with Crippen molar-refractivity contribution in [1.82, 2.24) is 9.88 Å². The lowest BCUT2D eigenvalue weighted by Crippen LogP contribution is -2.33. The molecule has 3 rings (SSSR count). The molecule has 0 spiro atoms. The molecule has 0 bridgehead atoms. The summed E-state index contributed by atoms with van der Waals surface area (Å²) in [7, 11) is 6.94. The minimum absolute atomic E-state index is 0. The number of anilines is 1. The Morgan fingerprint density at radius 3 is 2.29 bits per heavy atom. The molecule has 9 heteroatoms. The number of hydrogen-bond donors (Lipinski definition) is 0. The summed E-state index contributed by atoms with van der Waals surface area (Å²) in [6.07, 6.45) is 0.798. The molecule has 0 aliphatic rings. The molecule has 0 saturated heterocycles. The van der Waals surface area contributed by atoms with E-state index in [1.54, 1.807) is 36.3 Å². The van der Waals surface area contributed by atoms with Crippen LogP contribution in [0.3, 0.4) is 0 Å². The van der Waals surface area contributed by atoms with Crippen LogP contribution in [-0.4, -0.2) is 63.2 Å². The first-order chi connectivity index (χ1) is 14.4. The number of carbonyl (C=O) groups is 2. The molecule has 0 aliphatic carbocycles. The lowest BCUT2D eigenvalue weighted by atomic mass is 10.1. The lowest BCUT2D eigenvalue weighted by Gasteiger charge is -2.21. The van der Waals surface area contributed by atoms with Crippen LogP contribution in [0.5, 0.6) is 5.75 Å². The Labute approximate surface area is 192 Å². The Morgan fingerprint density at radius 2 is 1.68 bits per heavy atom. The summed E-state index contributed by atoms with van der Waals surface area (Å²) >= 11 is 1.45. The van der Waals surface area contributed by atoms with E-state index in [1.165, 1.54) is 18.4 Å². The maximum Gasteiger partial charge on any atom is 0.337 e. The highest BCUT2D eigenvalue weighted by Gasteiger charge is 2.22. The van der Waals surface area contributed by atoms with Gasteiger partial charge in [-0.1, -0.05) is 17.4 Å². The standard InChI is InChI=1S/C22H25N3O4S.ClH/c1-24(2)13-6-14-25(20(26)15-9-11-16(12-10-15)21(27)29-4)22-23-19-17(28-3)7-5-8-18(19)30-22;/h5,7-12H,6,13-14H2,1-4H3;1H. The first-order valence-electron chi connectivity index (χ1n) is 9.53. The quantitative estimate of drug-likeness (QED) is 0.468. The van der Waals surface area contributed by atoms with E-state index in [1.807, 2.05) is 32.3 Å². The predicted octanol–water partition coefficient (Wildman–Crippen LogP) is 4.11. The Kier molecular flexibility index (Phi) is 8.79. The number of aromatic nitrogens is 1. The number of esters is 1. The first-order valence-corrected chi connectivity index (χ1v) is 10.3. The number of fused-ring (bicyclic) bond motifs is 1. The van der Waals surface area contributed by atoms with Crippen molar-refractivity contribution in [1.29, 1.82) is 0 Å². The van der Waals surface area contributed by atoms with E-state index in [0.29, 0.717) is 28.6 Å². The summed E-state index contributed by atoms with van der Waals surface area (Å²) in [4.78, 5) is 33.5. The van der Waals surface area contributed by atoms with Gasteiger partial charge in [0.25, 0.3) is 5.91 Å².